The normalized spacial score (nSPS) is 14.3. The molecule has 1 aliphatic rings. The fraction of sp³-hybridized carbons (Fsp3) is 0.353. The number of thiazole rings is 1. The number of benzene rings is 1. The molecule has 3 rings (SSSR count). The van der Waals surface area contributed by atoms with E-state index in [0.717, 1.165) is 16.3 Å². The summed E-state index contributed by atoms with van der Waals surface area (Å²) in [5, 5.41) is 2.02. The van der Waals surface area contributed by atoms with Crippen molar-refractivity contribution in [3.63, 3.8) is 0 Å². The maximum atomic E-state index is 12.1. The minimum atomic E-state index is -0.488. The van der Waals surface area contributed by atoms with Gasteiger partial charge in [0.1, 0.15) is 0 Å². The second kappa shape index (κ2) is 8.98. The predicted octanol–water partition coefficient (Wildman–Crippen LogP) is 2.45. The zero-order valence-corrected chi connectivity index (χ0v) is 15.2. The molecule has 132 valence electrons. The van der Waals surface area contributed by atoms with Gasteiger partial charge < -0.3 is 14.4 Å². The van der Waals surface area contributed by atoms with Gasteiger partial charge in [0.2, 0.25) is 0 Å². The number of hydrogen-bond donors (Lipinski definition) is 0. The van der Waals surface area contributed by atoms with E-state index in [0.29, 0.717) is 31.9 Å². The largest absolute Gasteiger partial charge is 0.452 e. The number of rotatable bonds is 6. The fourth-order valence-electron chi connectivity index (χ4n) is 2.27. The third kappa shape index (κ3) is 5.29. The first kappa shape index (κ1) is 17.9. The highest BCUT2D eigenvalue weighted by Gasteiger charge is 2.18. The number of amides is 1. The first-order valence-corrected chi connectivity index (χ1v) is 9.78. The summed E-state index contributed by atoms with van der Waals surface area (Å²) in [5.41, 5.74) is 3.29. The van der Waals surface area contributed by atoms with Gasteiger partial charge in [-0.05, 0) is 24.3 Å². The molecule has 0 saturated carbocycles. The zero-order valence-electron chi connectivity index (χ0n) is 13.6. The average molecular weight is 378 g/mol. The molecule has 0 aliphatic carbocycles. The maximum Gasteiger partial charge on any atom is 0.338 e. The Morgan fingerprint density at radius 1 is 1.24 bits per heavy atom. The van der Waals surface area contributed by atoms with E-state index in [4.69, 9.17) is 9.47 Å². The van der Waals surface area contributed by atoms with E-state index in [-0.39, 0.29) is 12.5 Å². The SMILES string of the molecule is O=C(OCC(=O)N1CCOCC1)c1ccc(SCc2cscn2)cc1. The maximum absolute atomic E-state index is 12.1. The van der Waals surface area contributed by atoms with E-state index < -0.39 is 5.97 Å². The smallest absolute Gasteiger partial charge is 0.338 e. The molecule has 1 aliphatic heterocycles. The minimum Gasteiger partial charge on any atom is -0.452 e. The molecule has 2 aromatic rings. The van der Waals surface area contributed by atoms with Crippen LogP contribution in [0.1, 0.15) is 16.1 Å². The number of thioether (sulfide) groups is 1. The van der Waals surface area contributed by atoms with Crippen LogP contribution in [0.2, 0.25) is 0 Å². The van der Waals surface area contributed by atoms with Crippen molar-refractivity contribution in [2.24, 2.45) is 0 Å². The number of ether oxygens (including phenoxy) is 2. The highest BCUT2D eigenvalue weighted by Crippen LogP contribution is 2.23. The Hall–Kier alpha value is -1.90. The second-order valence-electron chi connectivity index (χ2n) is 5.36. The number of morpholine rings is 1. The summed E-state index contributed by atoms with van der Waals surface area (Å²) in [6.07, 6.45) is 0. The zero-order chi connectivity index (χ0) is 17.5. The molecular weight excluding hydrogens is 360 g/mol. The summed E-state index contributed by atoms with van der Waals surface area (Å²) >= 11 is 3.23. The van der Waals surface area contributed by atoms with Crippen molar-refractivity contribution in [3.8, 4) is 0 Å². The Kier molecular flexibility index (Phi) is 6.43. The number of carbonyl (C=O) groups is 2. The molecule has 6 nitrogen and oxygen atoms in total. The molecule has 8 heteroatoms. The molecule has 0 unspecified atom stereocenters. The molecule has 0 radical (unpaired) electrons. The van der Waals surface area contributed by atoms with Crippen LogP contribution in [0.5, 0.6) is 0 Å². The monoisotopic (exact) mass is 378 g/mol. The van der Waals surface area contributed by atoms with E-state index in [1.54, 1.807) is 40.1 Å². The number of hydrogen-bond acceptors (Lipinski definition) is 7. The summed E-state index contributed by atoms with van der Waals surface area (Å²) in [4.78, 5) is 31.0. The van der Waals surface area contributed by atoms with Gasteiger partial charge in [-0.15, -0.1) is 23.1 Å². The number of nitrogens with zero attached hydrogens (tertiary/aromatic N) is 2. The van der Waals surface area contributed by atoms with Crippen LogP contribution in [0.4, 0.5) is 0 Å². The van der Waals surface area contributed by atoms with Gasteiger partial charge in [-0.1, -0.05) is 0 Å². The summed E-state index contributed by atoms with van der Waals surface area (Å²) in [5.74, 6) is 0.117. The molecule has 0 spiro atoms. The lowest BCUT2D eigenvalue weighted by Crippen LogP contribution is -2.42. The van der Waals surface area contributed by atoms with Crippen LogP contribution < -0.4 is 0 Å². The van der Waals surface area contributed by atoms with Crippen molar-refractivity contribution >= 4 is 35.0 Å². The molecule has 1 aromatic heterocycles. The summed E-state index contributed by atoms with van der Waals surface area (Å²) in [6.45, 7) is 1.90. The summed E-state index contributed by atoms with van der Waals surface area (Å²) in [7, 11) is 0. The Labute approximate surface area is 154 Å². The molecule has 1 fully saturated rings. The third-order valence-corrected chi connectivity index (χ3v) is 5.33. The van der Waals surface area contributed by atoms with E-state index in [1.807, 2.05) is 23.0 Å². The number of esters is 1. The standard InChI is InChI=1S/C17H18N2O4S2/c20-16(19-5-7-22-8-6-19)9-23-17(21)13-1-3-15(4-2-13)25-11-14-10-24-12-18-14/h1-4,10,12H,5-9,11H2. The van der Waals surface area contributed by atoms with Crippen molar-refractivity contribution in [1.29, 1.82) is 0 Å². The Balaban J connectivity index is 1.46. The van der Waals surface area contributed by atoms with Gasteiger partial charge in [0.25, 0.3) is 5.91 Å². The van der Waals surface area contributed by atoms with Gasteiger partial charge in [0, 0.05) is 29.1 Å². The van der Waals surface area contributed by atoms with Crippen LogP contribution in [-0.4, -0.2) is 54.7 Å². The van der Waals surface area contributed by atoms with Crippen molar-refractivity contribution in [2.75, 3.05) is 32.9 Å². The van der Waals surface area contributed by atoms with Gasteiger partial charge in [-0.2, -0.15) is 0 Å². The second-order valence-corrected chi connectivity index (χ2v) is 7.13. The van der Waals surface area contributed by atoms with E-state index >= 15 is 0 Å². The summed E-state index contributed by atoms with van der Waals surface area (Å²) in [6, 6.07) is 7.17. The first-order valence-electron chi connectivity index (χ1n) is 7.85. The lowest BCUT2D eigenvalue weighted by Gasteiger charge is -2.26. The van der Waals surface area contributed by atoms with Crippen molar-refractivity contribution in [2.45, 2.75) is 10.6 Å². The highest BCUT2D eigenvalue weighted by atomic mass is 32.2. The van der Waals surface area contributed by atoms with Crippen LogP contribution in [0, 0.1) is 0 Å². The topological polar surface area (TPSA) is 68.7 Å². The quantitative estimate of drug-likeness (QED) is 0.568. The van der Waals surface area contributed by atoms with Crippen LogP contribution in [0.15, 0.2) is 40.1 Å². The number of aromatic nitrogens is 1. The Morgan fingerprint density at radius 2 is 2.00 bits per heavy atom. The fourth-order valence-corrected chi connectivity index (χ4v) is 3.73. The van der Waals surface area contributed by atoms with E-state index in [2.05, 4.69) is 4.98 Å². The molecule has 0 atom stereocenters. The molecular formula is C17H18N2O4S2. The van der Waals surface area contributed by atoms with Crippen LogP contribution in [-0.2, 0) is 20.0 Å². The predicted molar refractivity (Wildman–Crippen MR) is 95.8 cm³/mol. The highest BCUT2D eigenvalue weighted by molar-refractivity contribution is 7.98. The van der Waals surface area contributed by atoms with Gasteiger partial charge in [0.05, 0.1) is 30.0 Å². The molecule has 2 heterocycles. The molecule has 1 saturated heterocycles. The molecule has 25 heavy (non-hydrogen) atoms. The minimum absolute atomic E-state index is 0.188. The third-order valence-electron chi connectivity index (χ3n) is 3.65. The van der Waals surface area contributed by atoms with Crippen molar-refractivity contribution in [3.05, 3.63) is 46.4 Å². The van der Waals surface area contributed by atoms with Gasteiger partial charge >= 0.3 is 5.97 Å². The van der Waals surface area contributed by atoms with E-state index in [9.17, 15) is 9.59 Å². The van der Waals surface area contributed by atoms with E-state index in [1.165, 1.54) is 0 Å². The van der Waals surface area contributed by atoms with Crippen LogP contribution in [0.25, 0.3) is 0 Å². The van der Waals surface area contributed by atoms with Gasteiger partial charge in [-0.3, -0.25) is 4.79 Å². The lowest BCUT2D eigenvalue weighted by molar-refractivity contribution is -0.138. The molecule has 0 bridgehead atoms. The molecule has 1 aromatic carbocycles. The average Bonchev–Trinajstić information content (AvgIpc) is 3.19. The first-order chi connectivity index (χ1) is 12.2. The van der Waals surface area contributed by atoms with Crippen LogP contribution >= 0.6 is 23.1 Å². The lowest BCUT2D eigenvalue weighted by atomic mass is 10.2. The van der Waals surface area contributed by atoms with Crippen LogP contribution in [0.3, 0.4) is 0 Å². The number of carbonyl (C=O) groups excluding carboxylic acids is 2. The van der Waals surface area contributed by atoms with Gasteiger partial charge in [-0.25, -0.2) is 9.78 Å². The van der Waals surface area contributed by atoms with Crippen molar-refractivity contribution < 1.29 is 19.1 Å². The Bertz CT molecular complexity index is 698. The Morgan fingerprint density at radius 3 is 2.68 bits per heavy atom. The molecule has 0 N–H and O–H groups in total. The molecule has 1 amide bonds. The van der Waals surface area contributed by atoms with Gasteiger partial charge in [0.15, 0.2) is 6.61 Å². The van der Waals surface area contributed by atoms with Crippen molar-refractivity contribution in [1.82, 2.24) is 9.88 Å². The summed E-state index contributed by atoms with van der Waals surface area (Å²) < 4.78 is 10.3.